The number of urea groups is 1. The van der Waals surface area contributed by atoms with Crippen LogP contribution in [0.4, 0.5) is 4.79 Å². The molecule has 1 N–H and O–H groups in total. The Kier molecular flexibility index (Phi) is 6.69. The van der Waals surface area contributed by atoms with Gasteiger partial charge < -0.3 is 15.1 Å². The van der Waals surface area contributed by atoms with E-state index >= 15 is 0 Å². The summed E-state index contributed by atoms with van der Waals surface area (Å²) in [6.45, 7) is 7.76. The molecule has 1 atom stereocenters. The minimum absolute atomic E-state index is 0.0375. The summed E-state index contributed by atoms with van der Waals surface area (Å²) in [5, 5.41) is 3.10. The molecule has 0 radical (unpaired) electrons. The van der Waals surface area contributed by atoms with Crippen LogP contribution >= 0.6 is 0 Å². The van der Waals surface area contributed by atoms with Gasteiger partial charge in [0, 0.05) is 51.0 Å². The van der Waals surface area contributed by atoms with Crippen LogP contribution < -0.4 is 5.32 Å². The number of nitrogens with one attached hydrogen (secondary N) is 1. The number of nitrogens with zero attached hydrogens (tertiary/aromatic N) is 3. The van der Waals surface area contributed by atoms with Crippen molar-refractivity contribution in [1.29, 1.82) is 0 Å². The van der Waals surface area contributed by atoms with Gasteiger partial charge in [0.05, 0.1) is 0 Å². The molecule has 0 saturated carbocycles. The Labute approximate surface area is 162 Å². The highest BCUT2D eigenvalue weighted by Gasteiger charge is 2.27. The molecule has 3 amide bonds. The maximum atomic E-state index is 12.5. The maximum Gasteiger partial charge on any atom is 0.317 e. The summed E-state index contributed by atoms with van der Waals surface area (Å²) in [4.78, 5) is 32.7. The van der Waals surface area contributed by atoms with Crippen LogP contribution in [-0.4, -0.2) is 59.4 Å². The lowest BCUT2D eigenvalue weighted by molar-refractivity contribution is -0.136. The standard InChI is InChI=1S/C21H32N4O2/c1-16(2)20(26)25-11-3-4-17(15-25)14-23-21(27)24-12-7-19(8-13-24)18-5-9-22-10-6-18/h5-6,9-10,16-17,19H,3-4,7-8,11-15H2,1-2H3,(H,23,27)/t17-/m1/s1. The second-order valence-corrected chi connectivity index (χ2v) is 8.18. The molecule has 3 rings (SSSR count). The predicted octanol–water partition coefficient (Wildman–Crippen LogP) is 2.87. The minimum Gasteiger partial charge on any atom is -0.342 e. The normalized spacial score (nSPS) is 21.4. The lowest BCUT2D eigenvalue weighted by Gasteiger charge is -2.35. The van der Waals surface area contributed by atoms with Gasteiger partial charge in [0.25, 0.3) is 0 Å². The number of carbonyl (C=O) groups is 2. The zero-order valence-electron chi connectivity index (χ0n) is 16.6. The van der Waals surface area contributed by atoms with Gasteiger partial charge in [0.15, 0.2) is 0 Å². The number of hydrogen-bond donors (Lipinski definition) is 1. The van der Waals surface area contributed by atoms with Crippen LogP contribution in [0, 0.1) is 11.8 Å². The average Bonchev–Trinajstić information content (AvgIpc) is 2.72. The Balaban J connectivity index is 1.41. The summed E-state index contributed by atoms with van der Waals surface area (Å²) >= 11 is 0. The molecule has 0 spiro atoms. The highest BCUT2D eigenvalue weighted by atomic mass is 16.2. The van der Waals surface area contributed by atoms with Crippen LogP contribution in [0.15, 0.2) is 24.5 Å². The molecular weight excluding hydrogens is 340 g/mol. The van der Waals surface area contributed by atoms with Crippen molar-refractivity contribution in [3.8, 4) is 0 Å². The summed E-state index contributed by atoms with van der Waals surface area (Å²) in [6.07, 6.45) is 7.77. The molecule has 3 heterocycles. The zero-order valence-corrected chi connectivity index (χ0v) is 16.6. The van der Waals surface area contributed by atoms with Crippen LogP contribution in [0.25, 0.3) is 0 Å². The second kappa shape index (κ2) is 9.20. The fourth-order valence-electron chi connectivity index (χ4n) is 4.19. The summed E-state index contributed by atoms with van der Waals surface area (Å²) in [5.41, 5.74) is 1.32. The summed E-state index contributed by atoms with van der Waals surface area (Å²) in [6, 6.07) is 4.19. The number of rotatable bonds is 4. The van der Waals surface area contributed by atoms with Gasteiger partial charge in [-0.3, -0.25) is 9.78 Å². The first-order valence-electron chi connectivity index (χ1n) is 10.3. The first-order valence-corrected chi connectivity index (χ1v) is 10.3. The molecule has 1 aromatic heterocycles. The van der Waals surface area contributed by atoms with E-state index in [1.165, 1.54) is 5.56 Å². The molecule has 6 nitrogen and oxygen atoms in total. The van der Waals surface area contributed by atoms with Crippen molar-refractivity contribution in [1.82, 2.24) is 20.1 Å². The van der Waals surface area contributed by atoms with E-state index in [4.69, 9.17) is 0 Å². The van der Waals surface area contributed by atoms with Crippen molar-refractivity contribution in [3.63, 3.8) is 0 Å². The van der Waals surface area contributed by atoms with Gasteiger partial charge >= 0.3 is 6.03 Å². The lowest BCUT2D eigenvalue weighted by Crippen LogP contribution is -2.48. The molecule has 0 unspecified atom stereocenters. The number of aromatic nitrogens is 1. The molecule has 2 saturated heterocycles. The number of piperidine rings is 2. The van der Waals surface area contributed by atoms with E-state index in [0.29, 0.717) is 18.4 Å². The Morgan fingerprint density at radius 1 is 1.11 bits per heavy atom. The van der Waals surface area contributed by atoms with E-state index in [-0.39, 0.29) is 17.9 Å². The Morgan fingerprint density at radius 2 is 1.81 bits per heavy atom. The van der Waals surface area contributed by atoms with E-state index in [0.717, 1.165) is 51.9 Å². The fraction of sp³-hybridized carbons (Fsp3) is 0.667. The number of hydrogen-bond acceptors (Lipinski definition) is 3. The molecule has 1 aromatic rings. The number of likely N-dealkylation sites (tertiary alicyclic amines) is 2. The first-order chi connectivity index (χ1) is 13.0. The number of amides is 3. The van der Waals surface area contributed by atoms with Crippen molar-refractivity contribution in [2.75, 3.05) is 32.7 Å². The number of pyridine rings is 1. The van der Waals surface area contributed by atoms with Crippen molar-refractivity contribution in [3.05, 3.63) is 30.1 Å². The third-order valence-corrected chi connectivity index (χ3v) is 5.83. The van der Waals surface area contributed by atoms with E-state index < -0.39 is 0 Å². The van der Waals surface area contributed by atoms with Crippen molar-refractivity contribution < 1.29 is 9.59 Å². The van der Waals surface area contributed by atoms with Crippen molar-refractivity contribution in [2.24, 2.45) is 11.8 Å². The molecule has 148 valence electrons. The quantitative estimate of drug-likeness (QED) is 0.884. The third-order valence-electron chi connectivity index (χ3n) is 5.83. The lowest BCUT2D eigenvalue weighted by atomic mass is 9.90. The summed E-state index contributed by atoms with van der Waals surface area (Å²) in [7, 11) is 0. The number of carbonyl (C=O) groups excluding carboxylic acids is 2. The van der Waals surface area contributed by atoms with Gasteiger partial charge in [0.2, 0.25) is 5.91 Å². The molecule has 0 aliphatic carbocycles. The van der Waals surface area contributed by atoms with Crippen molar-refractivity contribution >= 4 is 11.9 Å². The molecule has 0 aromatic carbocycles. The van der Waals surface area contributed by atoms with Crippen LogP contribution in [0.1, 0.15) is 51.0 Å². The summed E-state index contributed by atoms with van der Waals surface area (Å²) < 4.78 is 0. The predicted molar refractivity (Wildman–Crippen MR) is 105 cm³/mol. The Hall–Kier alpha value is -2.11. The van der Waals surface area contributed by atoms with E-state index in [2.05, 4.69) is 22.4 Å². The molecule has 2 aliphatic heterocycles. The van der Waals surface area contributed by atoms with Crippen molar-refractivity contribution in [2.45, 2.75) is 45.4 Å². The Morgan fingerprint density at radius 3 is 2.48 bits per heavy atom. The van der Waals surface area contributed by atoms with Crippen LogP contribution in [-0.2, 0) is 4.79 Å². The van der Waals surface area contributed by atoms with E-state index in [9.17, 15) is 9.59 Å². The highest BCUT2D eigenvalue weighted by molar-refractivity contribution is 5.78. The SMILES string of the molecule is CC(C)C(=O)N1CCC[C@H](CNC(=O)N2CCC(c3ccncc3)CC2)C1. The zero-order chi connectivity index (χ0) is 19.2. The molecule has 6 heteroatoms. The molecule has 27 heavy (non-hydrogen) atoms. The monoisotopic (exact) mass is 372 g/mol. The van der Waals surface area contributed by atoms with Gasteiger partial charge in [-0.15, -0.1) is 0 Å². The topological polar surface area (TPSA) is 65.5 Å². The van der Waals surface area contributed by atoms with Gasteiger partial charge in [-0.1, -0.05) is 13.8 Å². The van der Waals surface area contributed by atoms with E-state index in [1.807, 2.05) is 36.0 Å². The van der Waals surface area contributed by atoms with Gasteiger partial charge in [-0.25, -0.2) is 4.79 Å². The van der Waals surface area contributed by atoms with E-state index in [1.54, 1.807) is 0 Å². The molecule has 2 fully saturated rings. The first kappa shape index (κ1) is 19.6. The molecular formula is C21H32N4O2. The average molecular weight is 373 g/mol. The molecule has 2 aliphatic rings. The maximum absolute atomic E-state index is 12.5. The van der Waals surface area contributed by atoms with Gasteiger partial charge in [-0.2, -0.15) is 0 Å². The van der Waals surface area contributed by atoms with Crippen LogP contribution in [0.3, 0.4) is 0 Å². The third kappa shape index (κ3) is 5.21. The fourth-order valence-corrected chi connectivity index (χ4v) is 4.19. The minimum atomic E-state index is 0.0375. The largest absolute Gasteiger partial charge is 0.342 e. The second-order valence-electron chi connectivity index (χ2n) is 8.18. The Bertz CT molecular complexity index is 626. The smallest absolute Gasteiger partial charge is 0.317 e. The highest BCUT2D eigenvalue weighted by Crippen LogP contribution is 2.27. The summed E-state index contributed by atoms with van der Waals surface area (Å²) in [5.74, 6) is 1.15. The molecule has 0 bridgehead atoms. The van der Waals surface area contributed by atoms with Crippen LogP contribution in [0.5, 0.6) is 0 Å². The van der Waals surface area contributed by atoms with Gasteiger partial charge in [0.1, 0.15) is 0 Å². The van der Waals surface area contributed by atoms with Gasteiger partial charge in [-0.05, 0) is 55.2 Å². The van der Waals surface area contributed by atoms with Crippen LogP contribution in [0.2, 0.25) is 0 Å².